The molecule has 1 aromatic rings. The van der Waals surface area contributed by atoms with Crippen molar-refractivity contribution in [3.8, 4) is 0 Å². The van der Waals surface area contributed by atoms with Gasteiger partial charge in [-0.1, -0.05) is 42.6 Å². The van der Waals surface area contributed by atoms with Gasteiger partial charge in [0, 0.05) is 0 Å². The molecule has 1 aromatic carbocycles. The highest BCUT2D eigenvalue weighted by molar-refractivity contribution is 6.39. The highest BCUT2D eigenvalue weighted by Crippen LogP contribution is 2.29. The van der Waals surface area contributed by atoms with E-state index in [1.54, 1.807) is 18.2 Å². The number of carbonyl (C=O) groups is 2. The van der Waals surface area contributed by atoms with E-state index < -0.39 is 18.0 Å². The minimum absolute atomic E-state index is 0.254. The zero-order valence-electron chi connectivity index (χ0n) is 10.2. The molecule has 5 nitrogen and oxygen atoms in total. The molecule has 0 aliphatic heterocycles. The monoisotopic (exact) mass is 304 g/mol. The van der Waals surface area contributed by atoms with Crippen LogP contribution >= 0.6 is 23.2 Å². The van der Waals surface area contributed by atoms with E-state index in [-0.39, 0.29) is 15.7 Å². The van der Waals surface area contributed by atoms with Crippen molar-refractivity contribution in [2.75, 3.05) is 5.32 Å². The normalized spacial score (nSPS) is 11.7. The fourth-order valence-electron chi connectivity index (χ4n) is 1.47. The number of nitrogens with one attached hydrogen (secondary N) is 2. The van der Waals surface area contributed by atoms with Gasteiger partial charge in [-0.2, -0.15) is 0 Å². The zero-order chi connectivity index (χ0) is 14.4. The number of carbonyl (C=O) groups excluding carboxylic acids is 1. The van der Waals surface area contributed by atoms with Crippen molar-refractivity contribution in [1.82, 2.24) is 5.32 Å². The second-order valence-electron chi connectivity index (χ2n) is 3.87. The van der Waals surface area contributed by atoms with Crippen LogP contribution < -0.4 is 10.6 Å². The Balaban J connectivity index is 2.72. The SMILES string of the molecule is CCC[C@@H](NC(=O)Nc1c(Cl)cccc1Cl)C(=O)O. The molecule has 104 valence electrons. The number of para-hydroxylation sites is 1. The Kier molecular flexibility index (Phi) is 5.92. The molecular formula is C12H14Cl2N2O3. The van der Waals surface area contributed by atoms with E-state index in [1.165, 1.54) is 0 Å². The summed E-state index contributed by atoms with van der Waals surface area (Å²) < 4.78 is 0. The van der Waals surface area contributed by atoms with Crippen LogP contribution in [0.5, 0.6) is 0 Å². The van der Waals surface area contributed by atoms with E-state index in [4.69, 9.17) is 28.3 Å². The highest BCUT2D eigenvalue weighted by Gasteiger charge is 2.19. The first kappa shape index (κ1) is 15.6. The summed E-state index contributed by atoms with van der Waals surface area (Å²) in [6, 6.07) is 3.19. The topological polar surface area (TPSA) is 78.4 Å². The maximum Gasteiger partial charge on any atom is 0.326 e. The summed E-state index contributed by atoms with van der Waals surface area (Å²) in [6.45, 7) is 1.83. The molecule has 0 saturated carbocycles. The average Bonchev–Trinajstić information content (AvgIpc) is 2.33. The second-order valence-corrected chi connectivity index (χ2v) is 4.69. The van der Waals surface area contributed by atoms with Gasteiger partial charge in [-0.15, -0.1) is 0 Å². The van der Waals surface area contributed by atoms with Gasteiger partial charge in [0.15, 0.2) is 0 Å². The van der Waals surface area contributed by atoms with E-state index >= 15 is 0 Å². The molecule has 0 bridgehead atoms. The van der Waals surface area contributed by atoms with Gasteiger partial charge >= 0.3 is 12.0 Å². The van der Waals surface area contributed by atoms with E-state index in [1.807, 2.05) is 6.92 Å². The van der Waals surface area contributed by atoms with Crippen molar-refractivity contribution in [2.24, 2.45) is 0 Å². The molecule has 0 fully saturated rings. The molecular weight excluding hydrogens is 291 g/mol. The minimum Gasteiger partial charge on any atom is -0.480 e. The van der Waals surface area contributed by atoms with Gasteiger partial charge in [-0.3, -0.25) is 0 Å². The molecule has 1 atom stereocenters. The summed E-state index contributed by atoms with van der Waals surface area (Å²) in [6.07, 6.45) is 0.989. The van der Waals surface area contributed by atoms with Gasteiger partial charge in [0.25, 0.3) is 0 Å². The lowest BCUT2D eigenvalue weighted by Crippen LogP contribution is -2.42. The van der Waals surface area contributed by atoms with Crippen molar-refractivity contribution in [1.29, 1.82) is 0 Å². The lowest BCUT2D eigenvalue weighted by atomic mass is 10.2. The summed E-state index contributed by atoms with van der Waals surface area (Å²) in [7, 11) is 0. The number of urea groups is 1. The Morgan fingerprint density at radius 2 is 1.89 bits per heavy atom. The Hall–Kier alpha value is -1.46. The molecule has 3 N–H and O–H groups in total. The fraction of sp³-hybridized carbons (Fsp3) is 0.333. The number of hydrogen-bond acceptors (Lipinski definition) is 2. The molecule has 0 aliphatic rings. The van der Waals surface area contributed by atoms with Gasteiger partial charge in [0.1, 0.15) is 6.04 Å². The van der Waals surface area contributed by atoms with E-state index in [0.29, 0.717) is 12.8 Å². The molecule has 0 saturated heterocycles. The molecule has 2 amide bonds. The summed E-state index contributed by atoms with van der Waals surface area (Å²) >= 11 is 11.8. The third-order valence-electron chi connectivity index (χ3n) is 2.38. The molecule has 7 heteroatoms. The maximum atomic E-state index is 11.7. The molecule has 0 radical (unpaired) electrons. The number of rotatable bonds is 5. The smallest absolute Gasteiger partial charge is 0.326 e. The third kappa shape index (κ3) is 4.61. The summed E-state index contributed by atoms with van der Waals surface area (Å²) in [5.74, 6) is -1.08. The Morgan fingerprint density at radius 3 is 2.37 bits per heavy atom. The quantitative estimate of drug-likeness (QED) is 0.780. The lowest BCUT2D eigenvalue weighted by Gasteiger charge is -2.15. The summed E-state index contributed by atoms with van der Waals surface area (Å²) in [4.78, 5) is 22.6. The first-order valence-corrected chi connectivity index (χ1v) is 6.45. The molecule has 19 heavy (non-hydrogen) atoms. The first-order chi connectivity index (χ1) is 8.95. The summed E-state index contributed by atoms with van der Waals surface area (Å²) in [5.41, 5.74) is 0.254. The Morgan fingerprint density at radius 1 is 1.32 bits per heavy atom. The Bertz CT molecular complexity index is 460. The van der Waals surface area contributed by atoms with Gasteiger partial charge in [0.2, 0.25) is 0 Å². The maximum absolute atomic E-state index is 11.7. The first-order valence-electron chi connectivity index (χ1n) is 5.70. The number of amides is 2. The van der Waals surface area contributed by atoms with Crippen molar-refractivity contribution < 1.29 is 14.7 Å². The van der Waals surface area contributed by atoms with Crippen molar-refractivity contribution in [3.63, 3.8) is 0 Å². The average molecular weight is 305 g/mol. The minimum atomic E-state index is -1.08. The standard InChI is InChI=1S/C12H14Cl2N2O3/c1-2-4-9(11(17)18)15-12(19)16-10-7(13)5-3-6-8(10)14/h3,5-6,9H,2,4H2,1H3,(H,17,18)(H2,15,16,19)/t9-/m1/s1. The molecule has 0 unspecified atom stereocenters. The van der Waals surface area contributed by atoms with Crippen LogP contribution in [0.3, 0.4) is 0 Å². The van der Waals surface area contributed by atoms with Crippen LogP contribution in [0.25, 0.3) is 0 Å². The van der Waals surface area contributed by atoms with Crippen LogP contribution in [-0.2, 0) is 4.79 Å². The number of benzene rings is 1. The summed E-state index contributed by atoms with van der Waals surface area (Å²) in [5, 5.41) is 14.3. The third-order valence-corrected chi connectivity index (χ3v) is 3.01. The molecule has 0 spiro atoms. The van der Waals surface area contributed by atoms with Crippen molar-refractivity contribution in [2.45, 2.75) is 25.8 Å². The second kappa shape index (κ2) is 7.21. The van der Waals surface area contributed by atoms with Gasteiger partial charge < -0.3 is 15.7 Å². The largest absolute Gasteiger partial charge is 0.480 e. The van der Waals surface area contributed by atoms with Gasteiger partial charge in [0.05, 0.1) is 15.7 Å². The van der Waals surface area contributed by atoms with Crippen LogP contribution in [0.4, 0.5) is 10.5 Å². The van der Waals surface area contributed by atoms with Crippen LogP contribution in [0.1, 0.15) is 19.8 Å². The number of aliphatic carboxylic acids is 1. The van der Waals surface area contributed by atoms with Gasteiger partial charge in [-0.05, 0) is 18.6 Å². The predicted molar refractivity (Wildman–Crippen MR) is 74.9 cm³/mol. The van der Waals surface area contributed by atoms with Gasteiger partial charge in [-0.25, -0.2) is 9.59 Å². The molecule has 0 aliphatic carbocycles. The van der Waals surface area contributed by atoms with Crippen LogP contribution in [-0.4, -0.2) is 23.1 Å². The van der Waals surface area contributed by atoms with Crippen molar-refractivity contribution >= 4 is 40.9 Å². The van der Waals surface area contributed by atoms with E-state index in [2.05, 4.69) is 10.6 Å². The van der Waals surface area contributed by atoms with Crippen molar-refractivity contribution in [3.05, 3.63) is 28.2 Å². The number of anilines is 1. The predicted octanol–water partition coefficient (Wildman–Crippen LogP) is 3.37. The highest BCUT2D eigenvalue weighted by atomic mass is 35.5. The molecule has 0 heterocycles. The molecule has 0 aromatic heterocycles. The van der Waals surface area contributed by atoms with E-state index in [9.17, 15) is 9.59 Å². The molecule has 1 rings (SSSR count). The fourth-order valence-corrected chi connectivity index (χ4v) is 1.96. The number of halogens is 2. The van der Waals surface area contributed by atoms with Crippen LogP contribution in [0.15, 0.2) is 18.2 Å². The number of hydrogen-bond donors (Lipinski definition) is 3. The Labute approximate surface area is 120 Å². The van der Waals surface area contributed by atoms with Crippen LogP contribution in [0.2, 0.25) is 10.0 Å². The zero-order valence-corrected chi connectivity index (χ0v) is 11.8. The number of carboxylic acid groups (broad SMARTS) is 1. The van der Waals surface area contributed by atoms with E-state index in [0.717, 1.165) is 0 Å². The number of carboxylic acids is 1. The lowest BCUT2D eigenvalue weighted by molar-refractivity contribution is -0.139. The van der Waals surface area contributed by atoms with Crippen LogP contribution in [0, 0.1) is 0 Å².